The molecular weight excluding hydrogens is 318 g/mol. The molecule has 0 spiro atoms. The summed E-state index contributed by atoms with van der Waals surface area (Å²) in [7, 11) is 3.13. The third-order valence-corrected chi connectivity index (χ3v) is 4.43. The second kappa shape index (κ2) is 6.43. The van der Waals surface area contributed by atoms with Crippen LogP contribution in [0.5, 0.6) is 5.75 Å². The van der Waals surface area contributed by atoms with Crippen molar-refractivity contribution in [1.29, 1.82) is 0 Å². The van der Waals surface area contributed by atoms with E-state index in [0.717, 1.165) is 11.1 Å². The van der Waals surface area contributed by atoms with Crippen molar-refractivity contribution < 1.29 is 19.4 Å². The minimum atomic E-state index is -0.679. The van der Waals surface area contributed by atoms with Gasteiger partial charge < -0.3 is 14.7 Å². The number of ketones is 1. The molecule has 0 unspecified atom stereocenters. The highest BCUT2D eigenvalue weighted by Gasteiger charge is 2.44. The van der Waals surface area contributed by atoms with Crippen LogP contribution < -0.4 is 4.74 Å². The normalized spacial score (nSPS) is 19.3. The highest BCUT2D eigenvalue weighted by molar-refractivity contribution is 6.46. The summed E-state index contributed by atoms with van der Waals surface area (Å²) in [5, 5.41) is 10.7. The summed E-state index contributed by atoms with van der Waals surface area (Å²) < 4.78 is 5.15. The summed E-state index contributed by atoms with van der Waals surface area (Å²) in [6.45, 7) is 1.94. The topological polar surface area (TPSA) is 66.8 Å². The molecule has 0 aliphatic carbocycles. The molecule has 3 rings (SSSR count). The number of methoxy groups -OCH3 is 1. The molecular formula is C20H19NO4. The second-order valence-electron chi connectivity index (χ2n) is 6.05. The van der Waals surface area contributed by atoms with Gasteiger partial charge in [-0.05, 0) is 24.6 Å². The smallest absolute Gasteiger partial charge is 0.295 e. The molecule has 5 heteroatoms. The van der Waals surface area contributed by atoms with Gasteiger partial charge in [0.25, 0.3) is 11.7 Å². The van der Waals surface area contributed by atoms with Crippen LogP contribution in [-0.2, 0) is 9.59 Å². The summed E-state index contributed by atoms with van der Waals surface area (Å²) in [6.07, 6.45) is 0. The van der Waals surface area contributed by atoms with Crippen LogP contribution in [0.25, 0.3) is 5.76 Å². The van der Waals surface area contributed by atoms with Crippen molar-refractivity contribution in [2.45, 2.75) is 13.0 Å². The van der Waals surface area contributed by atoms with Crippen molar-refractivity contribution in [3.8, 4) is 5.75 Å². The van der Waals surface area contributed by atoms with E-state index in [4.69, 9.17) is 4.74 Å². The van der Waals surface area contributed by atoms with Crippen LogP contribution >= 0.6 is 0 Å². The van der Waals surface area contributed by atoms with E-state index in [1.807, 2.05) is 19.1 Å². The van der Waals surface area contributed by atoms with Crippen molar-refractivity contribution >= 4 is 17.4 Å². The number of amides is 1. The van der Waals surface area contributed by atoms with E-state index in [2.05, 4.69) is 0 Å². The van der Waals surface area contributed by atoms with Crippen LogP contribution in [0.3, 0.4) is 0 Å². The second-order valence-corrected chi connectivity index (χ2v) is 6.05. The summed E-state index contributed by atoms with van der Waals surface area (Å²) in [5.41, 5.74) is 2.38. The van der Waals surface area contributed by atoms with Crippen LogP contribution in [-0.4, -0.2) is 35.9 Å². The first-order valence-electron chi connectivity index (χ1n) is 7.89. The number of aliphatic hydroxyl groups excluding tert-OH is 1. The zero-order valence-electron chi connectivity index (χ0n) is 14.3. The molecule has 0 aromatic heterocycles. The highest BCUT2D eigenvalue weighted by atomic mass is 16.5. The monoisotopic (exact) mass is 337 g/mol. The molecule has 2 aromatic carbocycles. The number of carbonyl (C=O) groups is 2. The summed E-state index contributed by atoms with van der Waals surface area (Å²) in [5.74, 6) is -0.797. The Labute approximate surface area is 146 Å². The maximum atomic E-state index is 12.5. The van der Waals surface area contributed by atoms with E-state index in [1.54, 1.807) is 50.6 Å². The Balaban J connectivity index is 2.13. The Morgan fingerprint density at radius 1 is 1.04 bits per heavy atom. The SMILES string of the molecule is COc1ccc([C@@H]2C(=C(O)c3ccc(C)cc3)C(=O)C(=O)N2C)cc1. The van der Waals surface area contributed by atoms with Gasteiger partial charge in [0, 0.05) is 12.6 Å². The average Bonchev–Trinajstić information content (AvgIpc) is 2.86. The Morgan fingerprint density at radius 2 is 1.64 bits per heavy atom. The fourth-order valence-electron chi connectivity index (χ4n) is 2.99. The number of aryl methyl sites for hydroxylation is 1. The standard InChI is InChI=1S/C20H19NO4/c1-12-4-6-14(7-5-12)18(22)16-17(21(2)20(24)19(16)23)13-8-10-15(25-3)11-9-13/h4-11,17,22H,1-3H3/t17-/m1/s1. The number of nitrogens with zero attached hydrogens (tertiary/aromatic N) is 1. The van der Waals surface area contributed by atoms with Gasteiger partial charge in [0.15, 0.2) is 0 Å². The lowest BCUT2D eigenvalue weighted by molar-refractivity contribution is -0.139. The number of hydrogen-bond donors (Lipinski definition) is 1. The van der Waals surface area contributed by atoms with Crippen LogP contribution in [0.15, 0.2) is 54.1 Å². The molecule has 5 nitrogen and oxygen atoms in total. The van der Waals surface area contributed by atoms with Gasteiger partial charge >= 0.3 is 0 Å². The minimum absolute atomic E-state index is 0.0986. The van der Waals surface area contributed by atoms with Crippen LogP contribution in [0, 0.1) is 6.92 Å². The zero-order chi connectivity index (χ0) is 18.1. The summed E-state index contributed by atoms with van der Waals surface area (Å²) in [6, 6.07) is 13.6. The molecule has 0 saturated carbocycles. The highest BCUT2D eigenvalue weighted by Crippen LogP contribution is 2.38. The fraction of sp³-hybridized carbons (Fsp3) is 0.200. The van der Waals surface area contributed by atoms with Crippen molar-refractivity contribution in [3.63, 3.8) is 0 Å². The molecule has 2 aromatic rings. The predicted octanol–water partition coefficient (Wildman–Crippen LogP) is 3.06. The number of Topliss-reactive ketones (excluding diaryl/α,β-unsaturated/α-hetero) is 1. The molecule has 1 aliphatic rings. The van der Waals surface area contributed by atoms with Gasteiger partial charge in [-0.2, -0.15) is 0 Å². The van der Waals surface area contributed by atoms with Crippen molar-refractivity contribution in [2.24, 2.45) is 0 Å². The van der Waals surface area contributed by atoms with Crippen LogP contribution in [0.1, 0.15) is 22.7 Å². The van der Waals surface area contributed by atoms with Crippen LogP contribution in [0.2, 0.25) is 0 Å². The van der Waals surface area contributed by atoms with Crippen molar-refractivity contribution in [3.05, 3.63) is 70.8 Å². The van der Waals surface area contributed by atoms with E-state index in [1.165, 1.54) is 4.90 Å². The lowest BCUT2D eigenvalue weighted by Gasteiger charge is -2.21. The van der Waals surface area contributed by atoms with E-state index in [-0.39, 0.29) is 11.3 Å². The predicted molar refractivity (Wildman–Crippen MR) is 94.2 cm³/mol. The maximum Gasteiger partial charge on any atom is 0.295 e. The fourth-order valence-corrected chi connectivity index (χ4v) is 2.99. The number of likely N-dealkylation sites (N-methyl/N-ethyl adjacent to an activating group) is 1. The Kier molecular flexibility index (Phi) is 4.31. The van der Waals surface area contributed by atoms with Crippen LogP contribution in [0.4, 0.5) is 0 Å². The number of ether oxygens (including phenoxy) is 1. The number of likely N-dealkylation sites (tertiary alicyclic amines) is 1. The summed E-state index contributed by atoms with van der Waals surface area (Å²) >= 11 is 0. The Morgan fingerprint density at radius 3 is 2.20 bits per heavy atom. The molecule has 1 aliphatic heterocycles. The third-order valence-electron chi connectivity index (χ3n) is 4.43. The molecule has 1 heterocycles. The molecule has 25 heavy (non-hydrogen) atoms. The van der Waals surface area contributed by atoms with E-state index < -0.39 is 17.7 Å². The van der Waals surface area contributed by atoms with E-state index >= 15 is 0 Å². The number of carbonyl (C=O) groups excluding carboxylic acids is 2. The number of hydrogen-bond acceptors (Lipinski definition) is 4. The molecule has 1 atom stereocenters. The van der Waals surface area contributed by atoms with Gasteiger partial charge in [0.05, 0.1) is 18.7 Å². The Bertz CT molecular complexity index is 850. The Hall–Kier alpha value is -3.08. The van der Waals surface area contributed by atoms with Crippen molar-refractivity contribution in [2.75, 3.05) is 14.2 Å². The molecule has 0 bridgehead atoms. The first kappa shape index (κ1) is 16.8. The first-order valence-corrected chi connectivity index (χ1v) is 7.89. The van der Waals surface area contributed by atoms with Crippen molar-refractivity contribution in [1.82, 2.24) is 4.90 Å². The quantitative estimate of drug-likeness (QED) is 0.531. The number of benzene rings is 2. The van der Waals surface area contributed by atoms with E-state index in [0.29, 0.717) is 11.3 Å². The lowest BCUT2D eigenvalue weighted by atomic mass is 9.95. The van der Waals surface area contributed by atoms with Gasteiger partial charge in [0.1, 0.15) is 11.5 Å². The van der Waals surface area contributed by atoms with E-state index in [9.17, 15) is 14.7 Å². The van der Waals surface area contributed by atoms with Gasteiger partial charge in [-0.3, -0.25) is 9.59 Å². The average molecular weight is 337 g/mol. The van der Waals surface area contributed by atoms with Gasteiger partial charge in [-0.1, -0.05) is 42.0 Å². The molecule has 1 fully saturated rings. The van der Waals surface area contributed by atoms with Gasteiger partial charge in [-0.25, -0.2) is 0 Å². The lowest BCUT2D eigenvalue weighted by Crippen LogP contribution is -2.24. The number of aliphatic hydroxyl groups is 1. The largest absolute Gasteiger partial charge is 0.507 e. The molecule has 1 saturated heterocycles. The van der Waals surface area contributed by atoms with Gasteiger partial charge in [-0.15, -0.1) is 0 Å². The molecule has 1 amide bonds. The molecule has 0 radical (unpaired) electrons. The maximum absolute atomic E-state index is 12.5. The first-order chi connectivity index (χ1) is 11.9. The zero-order valence-corrected chi connectivity index (χ0v) is 14.3. The van der Waals surface area contributed by atoms with Gasteiger partial charge in [0.2, 0.25) is 0 Å². The molecule has 128 valence electrons. The third kappa shape index (κ3) is 2.89. The minimum Gasteiger partial charge on any atom is -0.507 e. The summed E-state index contributed by atoms with van der Waals surface area (Å²) in [4.78, 5) is 26.0. The number of rotatable bonds is 3. The molecule has 1 N–H and O–H groups in total.